The molecule has 0 saturated heterocycles. The number of imidazole rings is 1. The van der Waals surface area contributed by atoms with E-state index in [0.29, 0.717) is 12.5 Å². The largest absolute Gasteiger partial charge is 0.338 e. The average Bonchev–Trinajstić information content (AvgIpc) is 3.28. The Morgan fingerprint density at radius 2 is 1.96 bits per heavy atom. The SMILES string of the molecule is NC[C@H]1CCC[C@H]1C(=O)Nc1ccccc1-c1nc2ccccc2[nH]1. The molecule has 1 aliphatic carbocycles. The van der Waals surface area contributed by atoms with Gasteiger partial charge in [0.25, 0.3) is 0 Å². The molecule has 1 heterocycles. The lowest BCUT2D eigenvalue weighted by molar-refractivity contribution is -0.120. The molecule has 1 fully saturated rings. The molecule has 1 aromatic heterocycles. The smallest absolute Gasteiger partial charge is 0.227 e. The van der Waals surface area contributed by atoms with Crippen LogP contribution in [0.2, 0.25) is 0 Å². The molecular formula is C20H22N4O. The van der Waals surface area contributed by atoms with Crippen molar-refractivity contribution in [1.29, 1.82) is 0 Å². The molecule has 128 valence electrons. The monoisotopic (exact) mass is 334 g/mol. The van der Waals surface area contributed by atoms with Gasteiger partial charge in [0.15, 0.2) is 0 Å². The van der Waals surface area contributed by atoms with Crippen LogP contribution in [0.4, 0.5) is 5.69 Å². The zero-order valence-electron chi connectivity index (χ0n) is 14.0. The second-order valence-electron chi connectivity index (χ2n) is 6.67. The van der Waals surface area contributed by atoms with Crippen molar-refractivity contribution in [3.8, 4) is 11.4 Å². The third kappa shape index (κ3) is 3.03. The molecule has 4 N–H and O–H groups in total. The van der Waals surface area contributed by atoms with E-state index in [9.17, 15) is 4.79 Å². The maximum atomic E-state index is 12.7. The van der Waals surface area contributed by atoms with Crippen molar-refractivity contribution in [2.45, 2.75) is 19.3 Å². The number of benzene rings is 2. The maximum absolute atomic E-state index is 12.7. The third-order valence-electron chi connectivity index (χ3n) is 5.13. The summed E-state index contributed by atoms with van der Waals surface area (Å²) in [6.45, 7) is 0.573. The van der Waals surface area contributed by atoms with Gasteiger partial charge in [0, 0.05) is 11.5 Å². The van der Waals surface area contributed by atoms with Gasteiger partial charge >= 0.3 is 0 Å². The summed E-state index contributed by atoms with van der Waals surface area (Å²) in [5.74, 6) is 1.13. The number of rotatable bonds is 4. The Bertz CT molecular complexity index is 868. The number of aromatic amines is 1. The minimum absolute atomic E-state index is 0.00808. The van der Waals surface area contributed by atoms with E-state index >= 15 is 0 Å². The Hall–Kier alpha value is -2.66. The topological polar surface area (TPSA) is 83.8 Å². The van der Waals surface area contributed by atoms with E-state index in [4.69, 9.17) is 5.73 Å². The van der Waals surface area contributed by atoms with Crippen LogP contribution in [0.3, 0.4) is 0 Å². The fraction of sp³-hybridized carbons (Fsp3) is 0.300. The molecule has 5 nitrogen and oxygen atoms in total. The standard InChI is InChI=1S/C20H22N4O/c21-12-13-6-5-8-14(13)20(25)24-16-9-2-1-7-15(16)19-22-17-10-3-4-11-18(17)23-19/h1-4,7,9-11,13-14H,5-6,8,12,21H2,(H,22,23)(H,24,25)/t13-,14-/m1/s1. The number of hydrogen-bond acceptors (Lipinski definition) is 3. The van der Waals surface area contributed by atoms with Crippen molar-refractivity contribution in [3.63, 3.8) is 0 Å². The molecular weight excluding hydrogens is 312 g/mol. The van der Waals surface area contributed by atoms with Crippen molar-refractivity contribution >= 4 is 22.6 Å². The molecule has 2 aromatic carbocycles. The number of aromatic nitrogens is 2. The Kier molecular flexibility index (Phi) is 4.24. The molecule has 1 saturated carbocycles. The van der Waals surface area contributed by atoms with Crippen molar-refractivity contribution in [3.05, 3.63) is 48.5 Å². The molecule has 0 bridgehead atoms. The molecule has 1 aliphatic rings. The lowest BCUT2D eigenvalue weighted by Crippen LogP contribution is -2.29. The van der Waals surface area contributed by atoms with Crippen molar-refractivity contribution in [1.82, 2.24) is 9.97 Å². The second kappa shape index (κ2) is 6.69. The molecule has 2 atom stereocenters. The van der Waals surface area contributed by atoms with Crippen LogP contribution < -0.4 is 11.1 Å². The lowest BCUT2D eigenvalue weighted by Gasteiger charge is -2.18. The highest BCUT2D eigenvalue weighted by atomic mass is 16.1. The van der Waals surface area contributed by atoms with Crippen molar-refractivity contribution in [2.75, 3.05) is 11.9 Å². The summed E-state index contributed by atoms with van der Waals surface area (Å²) >= 11 is 0. The van der Waals surface area contributed by atoms with Crippen LogP contribution in [0.1, 0.15) is 19.3 Å². The van der Waals surface area contributed by atoms with E-state index in [1.54, 1.807) is 0 Å². The Morgan fingerprint density at radius 3 is 2.80 bits per heavy atom. The van der Waals surface area contributed by atoms with E-state index < -0.39 is 0 Å². The predicted molar refractivity (Wildman–Crippen MR) is 100 cm³/mol. The highest BCUT2D eigenvalue weighted by molar-refractivity contribution is 5.97. The van der Waals surface area contributed by atoms with E-state index in [1.807, 2.05) is 48.5 Å². The summed E-state index contributed by atoms with van der Waals surface area (Å²) in [5.41, 5.74) is 9.41. The maximum Gasteiger partial charge on any atom is 0.227 e. The fourth-order valence-corrected chi connectivity index (χ4v) is 3.77. The first-order chi connectivity index (χ1) is 12.3. The zero-order valence-corrected chi connectivity index (χ0v) is 14.0. The van der Waals surface area contributed by atoms with Crippen molar-refractivity contribution in [2.24, 2.45) is 17.6 Å². The molecule has 1 amide bonds. The van der Waals surface area contributed by atoms with Gasteiger partial charge in [-0.05, 0) is 49.6 Å². The fourth-order valence-electron chi connectivity index (χ4n) is 3.77. The summed E-state index contributed by atoms with van der Waals surface area (Å²) in [5, 5.41) is 3.11. The number of anilines is 1. The minimum atomic E-state index is 0.00808. The van der Waals surface area contributed by atoms with Crippen LogP contribution in [0.5, 0.6) is 0 Å². The first-order valence-electron chi connectivity index (χ1n) is 8.81. The normalized spacial score (nSPS) is 20.0. The minimum Gasteiger partial charge on any atom is -0.338 e. The molecule has 0 aliphatic heterocycles. The Morgan fingerprint density at radius 1 is 1.16 bits per heavy atom. The number of carbonyl (C=O) groups excluding carboxylic acids is 1. The number of amides is 1. The molecule has 25 heavy (non-hydrogen) atoms. The van der Waals surface area contributed by atoms with E-state index in [1.165, 1.54) is 0 Å². The van der Waals surface area contributed by atoms with Gasteiger partial charge in [-0.2, -0.15) is 0 Å². The molecule has 3 aromatic rings. The highest BCUT2D eigenvalue weighted by Crippen LogP contribution is 2.33. The van der Waals surface area contributed by atoms with Gasteiger partial charge in [0.05, 0.1) is 16.7 Å². The summed E-state index contributed by atoms with van der Waals surface area (Å²) in [6.07, 6.45) is 3.03. The van der Waals surface area contributed by atoms with Crippen LogP contribution in [-0.4, -0.2) is 22.4 Å². The second-order valence-corrected chi connectivity index (χ2v) is 6.67. The third-order valence-corrected chi connectivity index (χ3v) is 5.13. The molecule has 4 rings (SSSR count). The summed E-state index contributed by atoms with van der Waals surface area (Å²) < 4.78 is 0. The molecule has 5 heteroatoms. The number of nitrogens with two attached hydrogens (primary N) is 1. The summed E-state index contributed by atoms with van der Waals surface area (Å²) in [7, 11) is 0. The molecule has 0 spiro atoms. The first kappa shape index (κ1) is 15.8. The number of nitrogens with zero attached hydrogens (tertiary/aromatic N) is 1. The van der Waals surface area contributed by atoms with Gasteiger partial charge < -0.3 is 16.0 Å². The number of fused-ring (bicyclic) bond motifs is 1. The predicted octanol–water partition coefficient (Wildman–Crippen LogP) is 3.54. The van der Waals surface area contributed by atoms with Gasteiger partial charge in [0.1, 0.15) is 5.82 Å². The van der Waals surface area contributed by atoms with Crippen LogP contribution in [-0.2, 0) is 4.79 Å². The van der Waals surface area contributed by atoms with Gasteiger partial charge in [0.2, 0.25) is 5.91 Å². The first-order valence-corrected chi connectivity index (χ1v) is 8.81. The number of para-hydroxylation sites is 3. The van der Waals surface area contributed by atoms with Gasteiger partial charge in [-0.3, -0.25) is 4.79 Å². The molecule has 0 radical (unpaired) electrons. The lowest BCUT2D eigenvalue weighted by atomic mass is 9.95. The quantitative estimate of drug-likeness (QED) is 0.682. The van der Waals surface area contributed by atoms with Crippen LogP contribution in [0.25, 0.3) is 22.4 Å². The van der Waals surface area contributed by atoms with Crippen molar-refractivity contribution < 1.29 is 4.79 Å². The average molecular weight is 334 g/mol. The van der Waals surface area contributed by atoms with Crippen LogP contribution in [0, 0.1) is 11.8 Å². The summed E-state index contributed by atoms with van der Waals surface area (Å²) in [4.78, 5) is 20.7. The number of carbonyl (C=O) groups is 1. The van der Waals surface area contributed by atoms with Gasteiger partial charge in [-0.1, -0.05) is 30.7 Å². The van der Waals surface area contributed by atoms with Crippen LogP contribution in [0.15, 0.2) is 48.5 Å². The number of nitrogens with one attached hydrogen (secondary N) is 2. The van der Waals surface area contributed by atoms with E-state index in [2.05, 4.69) is 15.3 Å². The van der Waals surface area contributed by atoms with E-state index in [-0.39, 0.29) is 11.8 Å². The molecule has 0 unspecified atom stereocenters. The zero-order chi connectivity index (χ0) is 17.2. The number of H-pyrrole nitrogens is 1. The van der Waals surface area contributed by atoms with Gasteiger partial charge in [-0.15, -0.1) is 0 Å². The van der Waals surface area contributed by atoms with Gasteiger partial charge in [-0.25, -0.2) is 4.98 Å². The van der Waals surface area contributed by atoms with Crippen LogP contribution >= 0.6 is 0 Å². The summed E-state index contributed by atoms with van der Waals surface area (Å²) in [6, 6.07) is 15.7. The Balaban J connectivity index is 1.64. The van der Waals surface area contributed by atoms with E-state index in [0.717, 1.165) is 47.4 Å². The number of hydrogen-bond donors (Lipinski definition) is 3. The highest BCUT2D eigenvalue weighted by Gasteiger charge is 2.32. The Labute approximate surface area is 146 Å².